The van der Waals surface area contributed by atoms with Gasteiger partial charge in [0.05, 0.1) is 4.92 Å². The summed E-state index contributed by atoms with van der Waals surface area (Å²) in [7, 11) is -2.67. The Hall–Kier alpha value is -2.01. The van der Waals surface area contributed by atoms with E-state index in [9.17, 15) is 18.5 Å². The van der Waals surface area contributed by atoms with Crippen molar-refractivity contribution in [1.82, 2.24) is 15.0 Å². The molecule has 2 rings (SSSR count). The minimum absolute atomic E-state index is 0.0211. The van der Waals surface area contributed by atoms with E-state index < -0.39 is 14.9 Å². The first-order valence-electron chi connectivity index (χ1n) is 5.55. The van der Waals surface area contributed by atoms with E-state index in [-0.39, 0.29) is 21.0 Å². The van der Waals surface area contributed by atoms with Crippen LogP contribution in [0.25, 0.3) is 0 Å². The molecule has 0 aliphatic rings. The largest absolute Gasteiger partial charge is 0.293 e. The number of nitrogens with one attached hydrogen (secondary N) is 1. The first-order valence-corrected chi connectivity index (χ1v) is 7.83. The second-order valence-corrected chi connectivity index (χ2v) is 6.54. The molecule has 0 bridgehead atoms. The van der Waals surface area contributed by atoms with Gasteiger partial charge in [0, 0.05) is 13.1 Å². The van der Waals surface area contributed by atoms with E-state index in [2.05, 4.69) is 31.0 Å². The molecule has 9 nitrogen and oxygen atoms in total. The molecule has 0 saturated heterocycles. The molecule has 0 spiro atoms. The van der Waals surface area contributed by atoms with Gasteiger partial charge in [-0.05, 0) is 34.5 Å². The average Bonchev–Trinajstić information content (AvgIpc) is 2.68. The molecule has 0 aliphatic carbocycles. The van der Waals surface area contributed by atoms with Crippen LogP contribution < -0.4 is 4.72 Å². The molecule has 0 amide bonds. The zero-order valence-corrected chi connectivity index (χ0v) is 13.3. The number of nitro benzene ring substituents is 1. The van der Waals surface area contributed by atoms with Crippen LogP contribution in [-0.2, 0) is 17.1 Å². The minimum atomic E-state index is -4.07. The maximum atomic E-state index is 12.3. The lowest BCUT2D eigenvalue weighted by atomic mass is 10.2. The summed E-state index contributed by atoms with van der Waals surface area (Å²) in [6, 6.07) is 4.15. The monoisotopic (exact) mass is 375 g/mol. The molecule has 2 aromatic rings. The number of nitro groups is 1. The Morgan fingerprint density at radius 1 is 1.43 bits per heavy atom. The Morgan fingerprint density at radius 2 is 2.10 bits per heavy atom. The Kier molecular flexibility index (Phi) is 3.96. The predicted molar refractivity (Wildman–Crippen MR) is 77.3 cm³/mol. The summed E-state index contributed by atoms with van der Waals surface area (Å²) in [5.41, 5.74) is 0.226. The van der Waals surface area contributed by atoms with Crippen LogP contribution >= 0.6 is 15.9 Å². The normalized spacial score (nSPS) is 11.4. The highest BCUT2D eigenvalue weighted by atomic mass is 79.9. The van der Waals surface area contributed by atoms with Crippen molar-refractivity contribution in [3.8, 4) is 0 Å². The van der Waals surface area contributed by atoms with Gasteiger partial charge in [-0.15, -0.1) is 5.10 Å². The van der Waals surface area contributed by atoms with Gasteiger partial charge >= 0.3 is 0 Å². The summed E-state index contributed by atoms with van der Waals surface area (Å²) in [5, 5.41) is 17.9. The summed E-state index contributed by atoms with van der Waals surface area (Å²) < 4.78 is 27.9. The fourth-order valence-electron chi connectivity index (χ4n) is 1.69. The highest BCUT2D eigenvalue weighted by Gasteiger charge is 2.27. The van der Waals surface area contributed by atoms with Gasteiger partial charge in [-0.3, -0.25) is 14.8 Å². The van der Waals surface area contributed by atoms with Crippen LogP contribution in [0.5, 0.6) is 0 Å². The van der Waals surface area contributed by atoms with E-state index >= 15 is 0 Å². The zero-order chi connectivity index (χ0) is 15.8. The average molecular weight is 376 g/mol. The third-order valence-corrected chi connectivity index (χ3v) is 4.84. The van der Waals surface area contributed by atoms with Gasteiger partial charge in [-0.25, -0.2) is 4.68 Å². The maximum Gasteiger partial charge on any atom is 0.293 e. The number of anilines is 1. The summed E-state index contributed by atoms with van der Waals surface area (Å²) >= 11 is 2.98. The number of nitrogens with zero attached hydrogens (tertiary/aromatic N) is 4. The third kappa shape index (κ3) is 3.03. The van der Waals surface area contributed by atoms with Crippen LogP contribution in [0.4, 0.5) is 11.4 Å². The predicted octanol–water partition coefficient (Wildman–Crippen LogP) is 1.60. The fourth-order valence-corrected chi connectivity index (χ4v) is 3.86. The molecular formula is C10H10BrN5O4S. The van der Waals surface area contributed by atoms with Crippen molar-refractivity contribution < 1.29 is 13.3 Å². The van der Waals surface area contributed by atoms with Gasteiger partial charge in [0.1, 0.15) is 5.69 Å². The molecule has 0 radical (unpaired) electrons. The van der Waals surface area contributed by atoms with Gasteiger partial charge in [0.2, 0.25) is 5.03 Å². The van der Waals surface area contributed by atoms with E-state index in [0.29, 0.717) is 5.56 Å². The standard InChI is InChI=1S/C10H10BrN5O4S/c1-6-3-4-8(16(17)18)7(5-6)13-21(19,20)10-9(11)12-14-15(10)2/h3-5,13H,1-2H3. The molecule has 0 atom stereocenters. The van der Waals surface area contributed by atoms with E-state index in [4.69, 9.17) is 0 Å². The van der Waals surface area contributed by atoms with Crippen molar-refractivity contribution >= 4 is 37.3 Å². The van der Waals surface area contributed by atoms with Gasteiger partial charge in [0.15, 0.2) is 4.60 Å². The van der Waals surface area contributed by atoms with Gasteiger partial charge in [-0.2, -0.15) is 8.42 Å². The second-order valence-electron chi connectivity index (χ2n) is 4.19. The van der Waals surface area contributed by atoms with Crippen LogP contribution in [0.2, 0.25) is 0 Å². The summed E-state index contributed by atoms with van der Waals surface area (Å²) in [5.74, 6) is 0. The smallest absolute Gasteiger partial charge is 0.272 e. The molecule has 1 N–H and O–H groups in total. The molecule has 1 heterocycles. The molecule has 11 heteroatoms. The Labute approximate surface area is 128 Å². The highest BCUT2D eigenvalue weighted by molar-refractivity contribution is 9.10. The van der Waals surface area contributed by atoms with Gasteiger partial charge < -0.3 is 0 Å². The van der Waals surface area contributed by atoms with E-state index in [0.717, 1.165) is 4.68 Å². The van der Waals surface area contributed by atoms with Crippen LogP contribution in [0.1, 0.15) is 5.56 Å². The second kappa shape index (κ2) is 5.41. The highest BCUT2D eigenvalue weighted by Crippen LogP contribution is 2.29. The van der Waals surface area contributed by atoms with Crippen LogP contribution in [0.3, 0.4) is 0 Å². The molecule has 1 aromatic heterocycles. The number of aromatic nitrogens is 3. The fraction of sp³-hybridized carbons (Fsp3) is 0.200. The lowest BCUT2D eigenvalue weighted by Gasteiger charge is -2.09. The molecule has 21 heavy (non-hydrogen) atoms. The number of halogens is 1. The van der Waals surface area contributed by atoms with Crippen molar-refractivity contribution in [2.24, 2.45) is 7.05 Å². The number of aryl methyl sites for hydroxylation is 2. The first kappa shape index (κ1) is 15.4. The third-order valence-electron chi connectivity index (χ3n) is 2.58. The van der Waals surface area contributed by atoms with E-state index in [1.54, 1.807) is 6.92 Å². The Bertz CT molecular complexity index is 797. The topological polar surface area (TPSA) is 120 Å². The van der Waals surface area contributed by atoms with Crippen LogP contribution in [0.15, 0.2) is 27.8 Å². The van der Waals surface area contributed by atoms with Gasteiger partial charge in [-0.1, -0.05) is 11.3 Å². The molecule has 0 aliphatic heterocycles. The minimum Gasteiger partial charge on any atom is -0.272 e. The molecule has 112 valence electrons. The van der Waals surface area contributed by atoms with Crippen LogP contribution in [-0.4, -0.2) is 28.3 Å². The summed E-state index contributed by atoms with van der Waals surface area (Å²) in [4.78, 5) is 10.3. The van der Waals surface area contributed by atoms with Crippen molar-refractivity contribution in [3.05, 3.63) is 38.5 Å². The zero-order valence-electron chi connectivity index (χ0n) is 10.9. The summed E-state index contributed by atoms with van der Waals surface area (Å²) in [6.07, 6.45) is 0. The maximum absolute atomic E-state index is 12.3. The lowest BCUT2D eigenvalue weighted by Crippen LogP contribution is -2.18. The van der Waals surface area contributed by atoms with Crippen molar-refractivity contribution in [3.63, 3.8) is 0 Å². The summed E-state index contributed by atoms with van der Waals surface area (Å²) in [6.45, 7) is 1.70. The molecule has 1 aromatic carbocycles. The molecule has 0 unspecified atom stereocenters. The van der Waals surface area contributed by atoms with Gasteiger partial charge in [0.25, 0.3) is 15.7 Å². The van der Waals surface area contributed by atoms with E-state index in [1.807, 2.05) is 0 Å². The number of rotatable bonds is 4. The Morgan fingerprint density at radius 3 is 2.62 bits per heavy atom. The van der Waals surface area contributed by atoms with Crippen molar-refractivity contribution in [2.45, 2.75) is 11.9 Å². The number of sulfonamides is 1. The SMILES string of the molecule is Cc1ccc([N+](=O)[O-])c(NS(=O)(=O)c2c(Br)nnn2C)c1. The number of benzene rings is 1. The van der Waals surface area contributed by atoms with Crippen molar-refractivity contribution in [1.29, 1.82) is 0 Å². The van der Waals surface area contributed by atoms with E-state index in [1.165, 1.54) is 25.2 Å². The molecule has 0 saturated carbocycles. The molecule has 0 fully saturated rings. The first-order chi connectivity index (χ1) is 9.72. The number of hydrogen-bond acceptors (Lipinski definition) is 6. The Balaban J connectivity index is 2.51. The quantitative estimate of drug-likeness (QED) is 0.639. The number of hydrogen-bond donors (Lipinski definition) is 1. The van der Waals surface area contributed by atoms with Crippen LogP contribution in [0, 0.1) is 17.0 Å². The van der Waals surface area contributed by atoms with Crippen molar-refractivity contribution in [2.75, 3.05) is 4.72 Å². The molecular weight excluding hydrogens is 366 g/mol. The lowest BCUT2D eigenvalue weighted by molar-refractivity contribution is -0.383.